The number of pyridine rings is 1. The van der Waals surface area contributed by atoms with Crippen LogP contribution in [0.3, 0.4) is 0 Å². The third-order valence-electron chi connectivity index (χ3n) is 5.07. The van der Waals surface area contributed by atoms with Crippen LogP contribution in [0.2, 0.25) is 0 Å². The smallest absolute Gasteiger partial charge is 0.343 e. The van der Waals surface area contributed by atoms with Crippen LogP contribution in [0, 0.1) is 19.7 Å². The predicted octanol–water partition coefficient (Wildman–Crippen LogP) is 4.61. The Morgan fingerprint density at radius 1 is 1.06 bits per heavy atom. The van der Waals surface area contributed by atoms with Crippen LogP contribution in [0.15, 0.2) is 54.7 Å². The van der Waals surface area contributed by atoms with Crippen LogP contribution in [-0.2, 0) is 4.74 Å². The average Bonchev–Trinajstić information content (AvgIpc) is 3.18. The fourth-order valence-electron chi connectivity index (χ4n) is 3.47. The molecule has 32 heavy (non-hydrogen) atoms. The molecule has 8 heteroatoms. The van der Waals surface area contributed by atoms with E-state index in [1.165, 1.54) is 29.1 Å². The molecule has 1 N–H and O–H groups in total. The van der Waals surface area contributed by atoms with Gasteiger partial charge in [0.2, 0.25) is 0 Å². The molecule has 0 unspecified atom stereocenters. The van der Waals surface area contributed by atoms with Gasteiger partial charge in [-0.05, 0) is 50.1 Å². The minimum absolute atomic E-state index is 0.0425. The topological polar surface area (TPSA) is 86.1 Å². The summed E-state index contributed by atoms with van der Waals surface area (Å²) < 4.78 is 20.6. The number of nitrogens with zero attached hydrogens (tertiary/aromatic N) is 3. The highest BCUT2D eigenvalue weighted by atomic mass is 19.1. The average molecular weight is 432 g/mol. The number of nitrogens with one attached hydrogen (secondary N) is 1. The summed E-state index contributed by atoms with van der Waals surface area (Å²) in [4.78, 5) is 30.0. The quantitative estimate of drug-likeness (QED) is 0.466. The Bertz CT molecular complexity index is 1350. The summed E-state index contributed by atoms with van der Waals surface area (Å²) in [6, 6.07) is 13.3. The van der Waals surface area contributed by atoms with Gasteiger partial charge in [-0.25, -0.2) is 14.2 Å². The van der Waals surface area contributed by atoms with Crippen LogP contribution in [0.1, 0.15) is 38.8 Å². The first kappa shape index (κ1) is 21.2. The second kappa shape index (κ2) is 8.58. The molecular formula is C24H21FN4O3. The van der Waals surface area contributed by atoms with E-state index in [2.05, 4.69) is 10.4 Å². The van der Waals surface area contributed by atoms with Gasteiger partial charge in [0, 0.05) is 5.39 Å². The summed E-state index contributed by atoms with van der Waals surface area (Å²) in [6.45, 7) is 5.72. The number of hydrogen-bond acceptors (Lipinski definition) is 5. The fourth-order valence-corrected chi connectivity index (χ4v) is 3.47. The molecule has 0 bridgehead atoms. The standard InChI is InChI=1S/C24H21FN4O3/c1-4-32-24(31)18-13-26-29(22(18)28-23(30)17-9-5-6-11-19(17)25)20-12-15(3)16-10-7-8-14(2)21(16)27-20/h5-13H,4H2,1-3H3,(H,28,30). The fraction of sp³-hybridized carbons (Fsp3) is 0.167. The van der Waals surface area contributed by atoms with Crippen molar-refractivity contribution in [3.05, 3.63) is 82.8 Å². The molecule has 0 radical (unpaired) electrons. The Balaban J connectivity index is 1.86. The van der Waals surface area contributed by atoms with Gasteiger partial charge in [0.25, 0.3) is 5.91 Å². The summed E-state index contributed by atoms with van der Waals surface area (Å²) in [5, 5.41) is 7.89. The van der Waals surface area contributed by atoms with Crippen molar-refractivity contribution < 1.29 is 18.7 Å². The maximum atomic E-state index is 14.2. The number of aromatic nitrogens is 3. The molecule has 0 aliphatic rings. The van der Waals surface area contributed by atoms with Crippen LogP contribution in [0.25, 0.3) is 16.7 Å². The lowest BCUT2D eigenvalue weighted by atomic mass is 10.1. The zero-order valence-corrected chi connectivity index (χ0v) is 17.8. The zero-order chi connectivity index (χ0) is 22.8. The summed E-state index contributed by atoms with van der Waals surface area (Å²) in [5.74, 6) is -1.59. The van der Waals surface area contributed by atoms with Crippen molar-refractivity contribution in [1.29, 1.82) is 0 Å². The lowest BCUT2D eigenvalue weighted by molar-refractivity contribution is 0.0527. The minimum atomic E-state index is -0.718. The molecule has 0 aliphatic heterocycles. The Kier molecular flexibility index (Phi) is 5.68. The zero-order valence-electron chi connectivity index (χ0n) is 17.8. The normalized spacial score (nSPS) is 10.9. The van der Waals surface area contributed by atoms with Gasteiger partial charge in [0.05, 0.1) is 23.9 Å². The Morgan fingerprint density at radius 2 is 1.84 bits per heavy atom. The van der Waals surface area contributed by atoms with Gasteiger partial charge in [0.1, 0.15) is 11.4 Å². The highest BCUT2D eigenvalue weighted by Crippen LogP contribution is 2.26. The number of carbonyl (C=O) groups excluding carboxylic acids is 2. The first-order chi connectivity index (χ1) is 15.4. The van der Waals surface area contributed by atoms with Gasteiger partial charge in [-0.1, -0.05) is 30.3 Å². The predicted molar refractivity (Wildman–Crippen MR) is 119 cm³/mol. The van der Waals surface area contributed by atoms with Crippen LogP contribution in [0.4, 0.5) is 10.2 Å². The molecule has 2 heterocycles. The molecule has 0 aliphatic carbocycles. The molecule has 162 valence electrons. The Hall–Kier alpha value is -4.07. The minimum Gasteiger partial charge on any atom is -0.462 e. The lowest BCUT2D eigenvalue weighted by Gasteiger charge is -2.13. The van der Waals surface area contributed by atoms with Gasteiger partial charge in [-0.2, -0.15) is 9.78 Å². The number of para-hydroxylation sites is 1. The second-order valence-corrected chi connectivity index (χ2v) is 7.24. The van der Waals surface area contributed by atoms with Gasteiger partial charge in [0.15, 0.2) is 11.6 Å². The van der Waals surface area contributed by atoms with Gasteiger partial charge < -0.3 is 10.1 Å². The van der Waals surface area contributed by atoms with Crippen molar-refractivity contribution in [2.45, 2.75) is 20.8 Å². The number of anilines is 1. The number of ether oxygens (including phenoxy) is 1. The van der Waals surface area contributed by atoms with Crippen LogP contribution >= 0.6 is 0 Å². The van der Waals surface area contributed by atoms with Crippen LogP contribution < -0.4 is 5.32 Å². The summed E-state index contributed by atoms with van der Waals surface area (Å²) in [5.41, 5.74) is 2.59. The number of carbonyl (C=O) groups is 2. The number of hydrogen-bond donors (Lipinski definition) is 1. The molecule has 4 rings (SSSR count). The molecule has 0 spiro atoms. The molecule has 0 saturated carbocycles. The number of benzene rings is 2. The largest absolute Gasteiger partial charge is 0.462 e. The van der Waals surface area contributed by atoms with Crippen LogP contribution in [0.5, 0.6) is 0 Å². The van der Waals surface area contributed by atoms with Gasteiger partial charge in [-0.3, -0.25) is 4.79 Å². The maximum absolute atomic E-state index is 14.2. The summed E-state index contributed by atoms with van der Waals surface area (Å²) >= 11 is 0. The van der Waals surface area contributed by atoms with E-state index in [1.807, 2.05) is 38.1 Å². The summed E-state index contributed by atoms with van der Waals surface area (Å²) in [6.07, 6.45) is 1.30. The molecular weight excluding hydrogens is 411 g/mol. The number of esters is 1. The van der Waals surface area contributed by atoms with Crippen molar-refractivity contribution >= 4 is 28.6 Å². The van der Waals surface area contributed by atoms with E-state index < -0.39 is 17.7 Å². The maximum Gasteiger partial charge on any atom is 0.343 e. The van der Waals surface area contributed by atoms with Crippen molar-refractivity contribution in [1.82, 2.24) is 14.8 Å². The molecule has 7 nitrogen and oxygen atoms in total. The first-order valence-electron chi connectivity index (χ1n) is 10.1. The molecule has 0 atom stereocenters. The lowest BCUT2D eigenvalue weighted by Crippen LogP contribution is -2.19. The highest BCUT2D eigenvalue weighted by molar-refractivity contribution is 6.07. The van der Waals surface area contributed by atoms with E-state index in [-0.39, 0.29) is 23.6 Å². The SMILES string of the molecule is CCOC(=O)c1cnn(-c2cc(C)c3cccc(C)c3n2)c1NC(=O)c1ccccc1F. The van der Waals surface area contributed by atoms with Crippen molar-refractivity contribution in [3.63, 3.8) is 0 Å². The van der Waals surface area contributed by atoms with Crippen molar-refractivity contribution in [2.75, 3.05) is 11.9 Å². The third-order valence-corrected chi connectivity index (χ3v) is 5.07. The molecule has 2 aromatic carbocycles. The second-order valence-electron chi connectivity index (χ2n) is 7.24. The number of halogens is 1. The highest BCUT2D eigenvalue weighted by Gasteiger charge is 2.24. The van der Waals surface area contributed by atoms with E-state index in [0.717, 1.165) is 22.0 Å². The van der Waals surface area contributed by atoms with E-state index in [1.54, 1.807) is 13.0 Å². The number of aryl methyl sites for hydroxylation is 2. The Morgan fingerprint density at radius 3 is 2.59 bits per heavy atom. The van der Waals surface area contributed by atoms with E-state index in [9.17, 15) is 14.0 Å². The number of amides is 1. The van der Waals surface area contributed by atoms with Crippen LogP contribution in [-0.4, -0.2) is 33.2 Å². The van der Waals surface area contributed by atoms with Crippen molar-refractivity contribution in [2.24, 2.45) is 0 Å². The monoisotopic (exact) mass is 432 g/mol. The van der Waals surface area contributed by atoms with Crippen molar-refractivity contribution in [3.8, 4) is 5.82 Å². The molecule has 0 fully saturated rings. The van der Waals surface area contributed by atoms with Gasteiger partial charge in [-0.15, -0.1) is 0 Å². The molecule has 2 aromatic heterocycles. The van der Waals surface area contributed by atoms with Gasteiger partial charge >= 0.3 is 5.97 Å². The number of rotatable bonds is 5. The molecule has 0 saturated heterocycles. The first-order valence-corrected chi connectivity index (χ1v) is 10.1. The number of fused-ring (bicyclic) bond motifs is 1. The molecule has 4 aromatic rings. The molecule has 1 amide bonds. The third kappa shape index (κ3) is 3.82. The van der Waals surface area contributed by atoms with E-state index in [0.29, 0.717) is 5.82 Å². The van der Waals surface area contributed by atoms with E-state index >= 15 is 0 Å². The van der Waals surface area contributed by atoms with E-state index in [4.69, 9.17) is 9.72 Å². The summed E-state index contributed by atoms with van der Waals surface area (Å²) in [7, 11) is 0. The Labute approximate surface area is 183 Å².